The molecule has 4 nitrogen and oxygen atoms in total. The minimum absolute atomic E-state index is 0.419. The van der Waals surface area contributed by atoms with Crippen LogP contribution in [0.3, 0.4) is 0 Å². The SMILES string of the molecule is C=C(C)/C=C\c1c(OC)cc(OC)c2ccc(=O)oc12. The average Bonchev–Trinajstić information content (AvgIpc) is 2.43. The molecule has 2 rings (SSSR count). The second-order valence-corrected chi connectivity index (χ2v) is 4.37. The smallest absolute Gasteiger partial charge is 0.336 e. The van der Waals surface area contributed by atoms with Crippen molar-refractivity contribution in [2.45, 2.75) is 6.92 Å². The molecule has 0 atom stereocenters. The molecule has 0 fully saturated rings. The normalized spacial score (nSPS) is 10.9. The number of hydrogen-bond donors (Lipinski definition) is 0. The lowest BCUT2D eigenvalue weighted by Gasteiger charge is -2.11. The first kappa shape index (κ1) is 13.9. The van der Waals surface area contributed by atoms with E-state index in [1.807, 2.05) is 19.1 Å². The van der Waals surface area contributed by atoms with Crippen molar-refractivity contribution < 1.29 is 13.9 Å². The molecule has 0 amide bonds. The molecule has 1 aromatic heterocycles. The van der Waals surface area contributed by atoms with Crippen LogP contribution in [-0.2, 0) is 0 Å². The zero-order chi connectivity index (χ0) is 14.7. The first-order chi connectivity index (χ1) is 9.56. The summed E-state index contributed by atoms with van der Waals surface area (Å²) in [5, 5.41) is 0.717. The quantitative estimate of drug-likeness (QED) is 0.632. The summed E-state index contributed by atoms with van der Waals surface area (Å²) >= 11 is 0. The molecule has 2 aromatic rings. The van der Waals surface area contributed by atoms with Crippen LogP contribution in [-0.4, -0.2) is 14.2 Å². The van der Waals surface area contributed by atoms with Crippen LogP contribution in [0.4, 0.5) is 0 Å². The Morgan fingerprint density at radius 2 is 1.95 bits per heavy atom. The summed E-state index contributed by atoms with van der Waals surface area (Å²) in [4.78, 5) is 11.5. The second-order valence-electron chi connectivity index (χ2n) is 4.37. The average molecular weight is 272 g/mol. The molecule has 0 aliphatic carbocycles. The van der Waals surface area contributed by atoms with Gasteiger partial charge in [-0.05, 0) is 19.1 Å². The molecule has 0 aliphatic rings. The van der Waals surface area contributed by atoms with Gasteiger partial charge in [0, 0.05) is 12.1 Å². The van der Waals surface area contributed by atoms with E-state index in [0.717, 1.165) is 5.57 Å². The van der Waals surface area contributed by atoms with Crippen LogP contribution in [0.25, 0.3) is 17.0 Å². The number of hydrogen-bond acceptors (Lipinski definition) is 4. The molecule has 0 unspecified atom stereocenters. The summed E-state index contributed by atoms with van der Waals surface area (Å²) in [6.45, 7) is 5.69. The van der Waals surface area contributed by atoms with Crippen LogP contribution in [0.5, 0.6) is 11.5 Å². The molecular weight excluding hydrogens is 256 g/mol. The lowest BCUT2D eigenvalue weighted by Crippen LogP contribution is -1.99. The Morgan fingerprint density at radius 3 is 2.55 bits per heavy atom. The maximum absolute atomic E-state index is 11.5. The summed E-state index contributed by atoms with van der Waals surface area (Å²) in [6.07, 6.45) is 3.64. The fraction of sp³-hybridized carbons (Fsp3) is 0.188. The molecular formula is C16H16O4. The highest BCUT2D eigenvalue weighted by atomic mass is 16.5. The van der Waals surface area contributed by atoms with Crippen molar-refractivity contribution in [2.24, 2.45) is 0 Å². The third-order valence-electron chi connectivity index (χ3n) is 2.85. The largest absolute Gasteiger partial charge is 0.496 e. The van der Waals surface area contributed by atoms with Gasteiger partial charge in [-0.2, -0.15) is 0 Å². The number of benzene rings is 1. The van der Waals surface area contributed by atoms with E-state index < -0.39 is 5.63 Å². The first-order valence-corrected chi connectivity index (χ1v) is 6.09. The van der Waals surface area contributed by atoms with Gasteiger partial charge in [0.05, 0.1) is 25.2 Å². The standard InChI is InChI=1S/C16H16O4/c1-10(2)5-6-11-13(18-3)9-14(19-4)12-7-8-15(17)20-16(11)12/h5-9H,1H2,2-4H3/b6-5-. The lowest BCUT2D eigenvalue weighted by molar-refractivity contribution is 0.395. The second kappa shape index (κ2) is 5.65. The summed E-state index contributed by atoms with van der Waals surface area (Å²) in [6, 6.07) is 4.81. The van der Waals surface area contributed by atoms with E-state index in [2.05, 4.69) is 6.58 Å². The molecule has 1 aromatic carbocycles. The zero-order valence-corrected chi connectivity index (χ0v) is 11.7. The van der Waals surface area contributed by atoms with E-state index in [1.54, 1.807) is 26.4 Å². The number of ether oxygens (including phenoxy) is 2. The summed E-state index contributed by atoms with van der Waals surface area (Å²) in [5.74, 6) is 1.16. The third kappa shape index (κ3) is 2.59. The molecule has 0 bridgehead atoms. The molecule has 0 radical (unpaired) electrons. The van der Waals surface area contributed by atoms with Crippen LogP contribution in [0.1, 0.15) is 12.5 Å². The lowest BCUT2D eigenvalue weighted by atomic mass is 10.1. The van der Waals surface area contributed by atoms with E-state index >= 15 is 0 Å². The number of fused-ring (bicyclic) bond motifs is 1. The van der Waals surface area contributed by atoms with Crippen LogP contribution >= 0.6 is 0 Å². The van der Waals surface area contributed by atoms with Crippen molar-refractivity contribution >= 4 is 17.0 Å². The van der Waals surface area contributed by atoms with Crippen LogP contribution in [0.2, 0.25) is 0 Å². The Morgan fingerprint density at radius 1 is 1.25 bits per heavy atom. The van der Waals surface area contributed by atoms with E-state index in [4.69, 9.17) is 13.9 Å². The van der Waals surface area contributed by atoms with Crippen molar-refractivity contribution in [2.75, 3.05) is 14.2 Å². The van der Waals surface area contributed by atoms with E-state index in [1.165, 1.54) is 6.07 Å². The highest BCUT2D eigenvalue weighted by Gasteiger charge is 2.14. The summed E-state index contributed by atoms with van der Waals surface area (Å²) in [7, 11) is 3.11. The zero-order valence-electron chi connectivity index (χ0n) is 11.7. The predicted molar refractivity (Wildman–Crippen MR) is 79.4 cm³/mol. The minimum Gasteiger partial charge on any atom is -0.496 e. The molecule has 20 heavy (non-hydrogen) atoms. The van der Waals surface area contributed by atoms with Gasteiger partial charge in [0.25, 0.3) is 0 Å². The highest BCUT2D eigenvalue weighted by molar-refractivity contribution is 5.93. The Kier molecular flexibility index (Phi) is 3.94. The van der Waals surface area contributed by atoms with Crippen molar-refractivity contribution in [3.8, 4) is 11.5 Å². The Hall–Kier alpha value is -2.49. The molecule has 0 saturated heterocycles. The number of methoxy groups -OCH3 is 2. The van der Waals surface area contributed by atoms with E-state index in [-0.39, 0.29) is 0 Å². The van der Waals surface area contributed by atoms with Crippen molar-refractivity contribution in [3.63, 3.8) is 0 Å². The maximum atomic E-state index is 11.5. The predicted octanol–water partition coefficient (Wildman–Crippen LogP) is 3.40. The number of rotatable bonds is 4. The molecule has 104 valence electrons. The first-order valence-electron chi connectivity index (χ1n) is 6.09. The van der Waals surface area contributed by atoms with E-state index in [0.29, 0.717) is 28.0 Å². The fourth-order valence-corrected chi connectivity index (χ4v) is 1.92. The summed E-state index contributed by atoms with van der Waals surface area (Å²) < 4.78 is 16.0. The molecule has 0 saturated carbocycles. The highest BCUT2D eigenvalue weighted by Crippen LogP contribution is 2.36. The summed E-state index contributed by atoms with van der Waals surface area (Å²) in [5.41, 5.74) is 1.59. The Bertz CT molecular complexity index is 738. The Balaban J connectivity index is 2.85. The van der Waals surface area contributed by atoms with Gasteiger partial charge in [-0.25, -0.2) is 4.79 Å². The monoisotopic (exact) mass is 272 g/mol. The van der Waals surface area contributed by atoms with Crippen molar-refractivity contribution in [3.05, 3.63) is 52.4 Å². The van der Waals surface area contributed by atoms with Crippen LogP contribution in [0.15, 0.2) is 45.6 Å². The molecule has 0 aliphatic heterocycles. The topological polar surface area (TPSA) is 48.7 Å². The van der Waals surface area contributed by atoms with Crippen molar-refractivity contribution in [1.82, 2.24) is 0 Å². The minimum atomic E-state index is -0.419. The number of allylic oxidation sites excluding steroid dienone is 2. The van der Waals surface area contributed by atoms with Gasteiger partial charge in [0.15, 0.2) is 5.58 Å². The maximum Gasteiger partial charge on any atom is 0.336 e. The Labute approximate surface area is 116 Å². The van der Waals surface area contributed by atoms with Crippen LogP contribution in [0, 0.1) is 0 Å². The van der Waals surface area contributed by atoms with Gasteiger partial charge in [-0.1, -0.05) is 18.2 Å². The van der Waals surface area contributed by atoms with E-state index in [9.17, 15) is 4.79 Å². The van der Waals surface area contributed by atoms with Gasteiger partial charge in [-0.15, -0.1) is 0 Å². The van der Waals surface area contributed by atoms with Gasteiger partial charge in [-0.3, -0.25) is 0 Å². The van der Waals surface area contributed by atoms with Gasteiger partial charge in [0.2, 0.25) is 0 Å². The van der Waals surface area contributed by atoms with Crippen molar-refractivity contribution in [1.29, 1.82) is 0 Å². The third-order valence-corrected chi connectivity index (χ3v) is 2.85. The van der Waals surface area contributed by atoms with Gasteiger partial charge >= 0.3 is 5.63 Å². The van der Waals surface area contributed by atoms with Crippen LogP contribution < -0.4 is 15.1 Å². The van der Waals surface area contributed by atoms with Gasteiger partial charge < -0.3 is 13.9 Å². The fourth-order valence-electron chi connectivity index (χ4n) is 1.92. The molecule has 0 spiro atoms. The molecule has 0 N–H and O–H groups in total. The molecule has 4 heteroatoms. The molecule has 1 heterocycles. The van der Waals surface area contributed by atoms with Gasteiger partial charge in [0.1, 0.15) is 11.5 Å².